The number of hydrogen-bond donors (Lipinski definition) is 3. The number of nitrogens with zero attached hydrogens (tertiary/aromatic N) is 1. The molecule has 0 aromatic rings. The van der Waals surface area contributed by atoms with Crippen LogP contribution in [0.25, 0.3) is 24.6 Å². The van der Waals surface area contributed by atoms with Gasteiger partial charge in [-0.05, 0) is 0 Å². The van der Waals surface area contributed by atoms with Gasteiger partial charge in [-0.15, -0.1) is 10.1 Å². The molecule has 0 atom stereocenters. The maximum Gasteiger partial charge on any atom is 0.503 e. The maximum atomic E-state index is 8.56. The van der Waals surface area contributed by atoms with E-state index in [-0.39, 0.29) is 41.4 Å². The van der Waals surface area contributed by atoms with E-state index in [1.807, 2.05) is 0 Å². The molecule has 0 aromatic heterocycles. The summed E-state index contributed by atoms with van der Waals surface area (Å²) in [6.07, 6.45) is -1.83. The van der Waals surface area contributed by atoms with E-state index < -0.39 is 11.2 Å². The van der Waals surface area contributed by atoms with Gasteiger partial charge in [-0.1, -0.05) is 0 Å². The third-order valence-corrected chi connectivity index (χ3v) is 0. The van der Waals surface area contributed by atoms with Gasteiger partial charge in [-0.2, -0.15) is 0 Å². The Balaban J connectivity index is -0.00000000800. The zero-order chi connectivity index (χ0) is 7.15. The molecular formula is CH11CoN5O6-4. The van der Waals surface area contributed by atoms with Crippen molar-refractivity contribution in [2.45, 2.75) is 0 Å². The molecule has 0 saturated heterocycles. The van der Waals surface area contributed by atoms with Crippen molar-refractivity contribution in [2.24, 2.45) is 0 Å². The number of hydrogen-bond acceptors (Lipinski definition) is 3. The Morgan fingerprint density at radius 2 is 1.08 bits per heavy atom. The normalized spacial score (nSPS) is 3.69. The van der Waals surface area contributed by atoms with Crippen LogP contribution >= 0.6 is 0 Å². The van der Waals surface area contributed by atoms with E-state index in [0.29, 0.717) is 0 Å². The zero-order valence-electron chi connectivity index (χ0n) is 6.16. The number of carboxylic acid groups (broad SMARTS) is 2. The van der Waals surface area contributed by atoms with Gasteiger partial charge in [0, 0.05) is 16.8 Å². The first kappa shape index (κ1) is 59.6. The van der Waals surface area contributed by atoms with Gasteiger partial charge in [-0.25, -0.2) is 4.79 Å². The monoisotopic (exact) mass is 248 g/mol. The van der Waals surface area contributed by atoms with Crippen molar-refractivity contribution in [3.05, 3.63) is 34.7 Å². The third-order valence-electron chi connectivity index (χ3n) is 0. The summed E-state index contributed by atoms with van der Waals surface area (Å²) in [4.78, 5) is 16.9. The van der Waals surface area contributed by atoms with Gasteiger partial charge >= 0.3 is 6.16 Å². The van der Waals surface area contributed by atoms with Crippen LogP contribution in [0, 0.1) is 10.1 Å². The molecule has 11 N–H and O–H groups in total. The van der Waals surface area contributed by atoms with Gasteiger partial charge in [0.25, 0.3) is 5.09 Å². The second-order valence-electron chi connectivity index (χ2n) is 0.520. The molecule has 1 radical (unpaired) electrons. The molecule has 12 heteroatoms. The molecule has 0 aliphatic carbocycles. The van der Waals surface area contributed by atoms with Crippen LogP contribution in [0.4, 0.5) is 4.79 Å². The van der Waals surface area contributed by atoms with Gasteiger partial charge in [0.1, 0.15) is 0 Å². The average Bonchev–Trinajstić information content (AvgIpc) is 1.25. The molecule has 11 nitrogen and oxygen atoms in total. The van der Waals surface area contributed by atoms with Crippen molar-refractivity contribution in [2.75, 3.05) is 0 Å². The van der Waals surface area contributed by atoms with Crippen LogP contribution in [-0.2, 0) is 16.8 Å². The second-order valence-corrected chi connectivity index (χ2v) is 0.520. The average molecular weight is 248 g/mol. The van der Waals surface area contributed by atoms with E-state index in [4.69, 9.17) is 30.3 Å². The number of rotatable bonds is 0. The SMILES string of the molecule is O=C(O)O.O=[N+]([O-])O.[Co].[NH2-].[NH2-].[NH2-].[NH2-]. The Hall–Kier alpha value is -1.18. The van der Waals surface area contributed by atoms with Crippen molar-refractivity contribution < 1.29 is 42.1 Å². The van der Waals surface area contributed by atoms with Crippen LogP contribution in [0.15, 0.2) is 0 Å². The summed E-state index contributed by atoms with van der Waals surface area (Å²) < 4.78 is 0. The van der Waals surface area contributed by atoms with Gasteiger partial charge in [0.2, 0.25) is 0 Å². The summed E-state index contributed by atoms with van der Waals surface area (Å²) in [7, 11) is 0. The first-order valence-corrected chi connectivity index (χ1v) is 1.22. The minimum Gasteiger partial charge on any atom is -0.693 e. The van der Waals surface area contributed by atoms with Crippen molar-refractivity contribution in [3.8, 4) is 0 Å². The summed E-state index contributed by atoms with van der Waals surface area (Å²) in [6, 6.07) is 0. The molecule has 0 heterocycles. The summed E-state index contributed by atoms with van der Waals surface area (Å²) in [5.41, 5.74) is 0. The molecule has 0 amide bonds. The first-order chi connectivity index (χ1) is 3.46. The van der Waals surface area contributed by atoms with Gasteiger partial charge in [0.15, 0.2) is 0 Å². The van der Waals surface area contributed by atoms with Gasteiger partial charge < -0.3 is 40.0 Å². The van der Waals surface area contributed by atoms with Crippen LogP contribution in [0.5, 0.6) is 0 Å². The predicted octanol–water partition coefficient (Wildman–Crippen LogP) is 2.74. The van der Waals surface area contributed by atoms with Crippen molar-refractivity contribution in [1.82, 2.24) is 0 Å². The fraction of sp³-hybridized carbons (Fsp3) is 0. The topological polar surface area (TPSA) is 255 Å². The summed E-state index contributed by atoms with van der Waals surface area (Å²) >= 11 is 0. The second kappa shape index (κ2) is 44.9. The standard InChI is InChI=1S/CH2O3.Co.HNO3.4H2N/c2-1(3)4;;2-1(3)4;;;;/h(H2,2,3,4);;(H,2,3,4);4*1H2/q;;;4*-1. The molecule has 0 rings (SSSR count). The molecule has 0 aliphatic heterocycles. The fourth-order valence-corrected chi connectivity index (χ4v) is 0. The van der Waals surface area contributed by atoms with E-state index >= 15 is 0 Å². The Morgan fingerprint density at radius 1 is 1.08 bits per heavy atom. The summed E-state index contributed by atoms with van der Waals surface area (Å²) in [5, 5.41) is 27.6. The Kier molecular flexibility index (Phi) is 206. The smallest absolute Gasteiger partial charge is 0.503 e. The van der Waals surface area contributed by atoms with Crippen molar-refractivity contribution >= 4 is 6.16 Å². The fourth-order valence-electron chi connectivity index (χ4n) is 0. The Bertz CT molecular complexity index is 79.0. The molecule has 0 spiro atoms. The van der Waals surface area contributed by atoms with E-state index in [1.165, 1.54) is 0 Å². The number of carbonyl (C=O) groups is 1. The van der Waals surface area contributed by atoms with Crippen LogP contribution in [0.2, 0.25) is 0 Å². The summed E-state index contributed by atoms with van der Waals surface area (Å²) in [6.45, 7) is 0. The molecule has 89 valence electrons. The molecule has 0 bridgehead atoms. The van der Waals surface area contributed by atoms with Crippen LogP contribution < -0.4 is 0 Å². The Labute approximate surface area is 83.8 Å². The molecule has 13 heavy (non-hydrogen) atoms. The van der Waals surface area contributed by atoms with E-state index in [2.05, 4.69) is 0 Å². The van der Waals surface area contributed by atoms with Crippen LogP contribution in [0.3, 0.4) is 0 Å². The minimum atomic E-state index is -1.83. The van der Waals surface area contributed by atoms with Crippen LogP contribution in [0.1, 0.15) is 0 Å². The van der Waals surface area contributed by atoms with Crippen molar-refractivity contribution in [1.29, 1.82) is 0 Å². The van der Waals surface area contributed by atoms with Gasteiger partial charge in [0.05, 0.1) is 0 Å². The van der Waals surface area contributed by atoms with E-state index in [0.717, 1.165) is 0 Å². The van der Waals surface area contributed by atoms with E-state index in [1.54, 1.807) is 0 Å². The molecule has 0 aliphatic rings. The van der Waals surface area contributed by atoms with Crippen LogP contribution in [-0.4, -0.2) is 26.7 Å². The molecule has 0 aromatic carbocycles. The molecule has 0 saturated carbocycles. The van der Waals surface area contributed by atoms with Gasteiger partial charge in [-0.3, -0.25) is 0 Å². The third kappa shape index (κ3) is 600. The molecular weight excluding hydrogens is 237 g/mol. The molecule has 0 fully saturated rings. The quantitative estimate of drug-likeness (QED) is 0.427. The Morgan fingerprint density at radius 3 is 1.08 bits per heavy atom. The van der Waals surface area contributed by atoms with Crippen molar-refractivity contribution in [3.63, 3.8) is 0 Å². The largest absolute Gasteiger partial charge is 0.693 e. The van der Waals surface area contributed by atoms with E-state index in [9.17, 15) is 0 Å². The first-order valence-electron chi connectivity index (χ1n) is 1.22. The zero-order valence-corrected chi connectivity index (χ0v) is 7.20. The molecule has 0 unspecified atom stereocenters. The predicted molar refractivity (Wildman–Crippen MR) is 40.6 cm³/mol. The minimum absolute atomic E-state index is 0. The maximum absolute atomic E-state index is 8.56. The summed E-state index contributed by atoms with van der Waals surface area (Å²) in [5.74, 6) is 0. The number of nitrogens with two attached hydrogens (primary N) is 4.